The van der Waals surface area contributed by atoms with E-state index in [0.717, 1.165) is 4.68 Å². The molecule has 1 N–H and O–H groups in total. The lowest BCUT2D eigenvalue weighted by molar-refractivity contribution is 0.780. The van der Waals surface area contributed by atoms with Crippen LogP contribution in [0.25, 0.3) is 5.69 Å². The Morgan fingerprint density at radius 2 is 2.15 bits per heavy atom. The minimum Gasteiger partial charge on any atom is -0.244 e. The third-order valence-electron chi connectivity index (χ3n) is 1.55. The molecule has 1 heterocycles. The molecule has 0 unspecified atom stereocenters. The van der Waals surface area contributed by atoms with E-state index < -0.39 is 5.69 Å². The molecule has 0 fully saturated rings. The van der Waals surface area contributed by atoms with E-state index in [2.05, 4.69) is 15.5 Å². The standard InChI is InChI=1S/C7H5ClN4O/c8-5-3-1-2-4-6(5)12-7(13)9-10-11-12/h1-4H,(H,9,11,13). The molecule has 2 rings (SSSR count). The second-order valence-electron chi connectivity index (χ2n) is 2.37. The average Bonchev–Trinajstić information content (AvgIpc) is 2.52. The predicted octanol–water partition coefficient (Wildman–Crippen LogP) is 0.609. The molecule has 1 aromatic carbocycles. The number of hydrogen-bond donors (Lipinski definition) is 1. The summed E-state index contributed by atoms with van der Waals surface area (Å²) < 4.78 is 1.10. The van der Waals surface area contributed by atoms with E-state index in [0.29, 0.717) is 10.7 Å². The highest BCUT2D eigenvalue weighted by atomic mass is 35.5. The monoisotopic (exact) mass is 196 g/mol. The van der Waals surface area contributed by atoms with Crippen LogP contribution in [-0.4, -0.2) is 20.2 Å². The number of para-hydroxylation sites is 1. The van der Waals surface area contributed by atoms with Crippen LogP contribution in [0, 0.1) is 0 Å². The van der Waals surface area contributed by atoms with Crippen molar-refractivity contribution in [3.05, 3.63) is 39.8 Å². The summed E-state index contributed by atoms with van der Waals surface area (Å²) in [6, 6.07) is 6.91. The van der Waals surface area contributed by atoms with Crippen LogP contribution in [0.4, 0.5) is 0 Å². The molecule has 0 radical (unpaired) electrons. The summed E-state index contributed by atoms with van der Waals surface area (Å²) >= 11 is 5.85. The normalized spacial score (nSPS) is 10.2. The summed E-state index contributed by atoms with van der Waals surface area (Å²) in [5.74, 6) is 0. The van der Waals surface area contributed by atoms with Crippen molar-refractivity contribution in [1.29, 1.82) is 0 Å². The molecule has 0 spiro atoms. The summed E-state index contributed by atoms with van der Waals surface area (Å²) in [5.41, 5.74) is 0.107. The van der Waals surface area contributed by atoms with Crippen molar-refractivity contribution in [2.24, 2.45) is 0 Å². The minimum atomic E-state index is -0.409. The Bertz CT molecular complexity index is 475. The summed E-state index contributed by atoms with van der Waals surface area (Å²) in [5, 5.41) is 9.56. The Morgan fingerprint density at radius 1 is 1.38 bits per heavy atom. The summed E-state index contributed by atoms with van der Waals surface area (Å²) in [6.45, 7) is 0. The molecule has 0 aliphatic carbocycles. The average molecular weight is 197 g/mol. The lowest BCUT2D eigenvalue weighted by Crippen LogP contribution is -2.16. The van der Waals surface area contributed by atoms with Crippen LogP contribution in [0.15, 0.2) is 29.1 Å². The quantitative estimate of drug-likeness (QED) is 0.727. The van der Waals surface area contributed by atoms with Gasteiger partial charge >= 0.3 is 5.69 Å². The van der Waals surface area contributed by atoms with Gasteiger partial charge in [-0.1, -0.05) is 23.7 Å². The maximum atomic E-state index is 11.1. The zero-order valence-electron chi connectivity index (χ0n) is 6.44. The highest BCUT2D eigenvalue weighted by Gasteiger charge is 2.05. The second-order valence-corrected chi connectivity index (χ2v) is 2.78. The zero-order valence-corrected chi connectivity index (χ0v) is 7.19. The van der Waals surface area contributed by atoms with Crippen molar-refractivity contribution < 1.29 is 0 Å². The Morgan fingerprint density at radius 3 is 2.77 bits per heavy atom. The van der Waals surface area contributed by atoms with Gasteiger partial charge in [-0.25, -0.2) is 9.89 Å². The zero-order chi connectivity index (χ0) is 9.26. The van der Waals surface area contributed by atoms with Crippen LogP contribution in [-0.2, 0) is 0 Å². The van der Waals surface area contributed by atoms with Crippen LogP contribution < -0.4 is 5.69 Å². The summed E-state index contributed by atoms with van der Waals surface area (Å²) in [7, 11) is 0. The van der Waals surface area contributed by atoms with E-state index in [1.54, 1.807) is 24.3 Å². The third kappa shape index (κ3) is 1.33. The first kappa shape index (κ1) is 8.00. The van der Waals surface area contributed by atoms with Gasteiger partial charge in [-0.3, -0.25) is 0 Å². The van der Waals surface area contributed by atoms with E-state index in [-0.39, 0.29) is 0 Å². The molecule has 66 valence electrons. The number of aromatic nitrogens is 4. The molecule has 0 saturated heterocycles. The predicted molar refractivity (Wildman–Crippen MR) is 47.0 cm³/mol. The molecule has 6 heteroatoms. The van der Waals surface area contributed by atoms with E-state index in [1.807, 2.05) is 0 Å². The molecule has 13 heavy (non-hydrogen) atoms. The molecular weight excluding hydrogens is 192 g/mol. The van der Waals surface area contributed by atoms with Crippen molar-refractivity contribution >= 4 is 11.6 Å². The summed E-state index contributed by atoms with van der Waals surface area (Å²) in [4.78, 5) is 11.1. The SMILES string of the molecule is O=c1[nH]nnn1-c1ccccc1Cl. The highest BCUT2D eigenvalue weighted by molar-refractivity contribution is 6.32. The maximum Gasteiger partial charge on any atom is 0.365 e. The highest BCUT2D eigenvalue weighted by Crippen LogP contribution is 2.16. The first-order valence-corrected chi connectivity index (χ1v) is 3.92. The Balaban J connectivity index is 2.66. The second kappa shape index (κ2) is 3.02. The van der Waals surface area contributed by atoms with Crippen LogP contribution in [0.1, 0.15) is 0 Å². The van der Waals surface area contributed by atoms with Gasteiger partial charge in [-0.15, -0.1) is 0 Å². The molecule has 0 atom stereocenters. The molecule has 0 amide bonds. The van der Waals surface area contributed by atoms with Crippen LogP contribution in [0.3, 0.4) is 0 Å². The van der Waals surface area contributed by atoms with Gasteiger partial charge in [0.05, 0.1) is 10.7 Å². The number of H-pyrrole nitrogens is 1. The van der Waals surface area contributed by atoms with Gasteiger partial charge in [0.2, 0.25) is 0 Å². The van der Waals surface area contributed by atoms with Crippen molar-refractivity contribution in [2.75, 3.05) is 0 Å². The molecule has 0 saturated carbocycles. The molecular formula is C7H5ClN4O. The smallest absolute Gasteiger partial charge is 0.244 e. The molecule has 1 aromatic heterocycles. The fraction of sp³-hybridized carbons (Fsp3) is 0. The molecule has 0 bridgehead atoms. The minimum absolute atomic E-state index is 0.409. The van der Waals surface area contributed by atoms with E-state index in [1.165, 1.54) is 0 Å². The fourth-order valence-electron chi connectivity index (χ4n) is 0.979. The number of nitrogens with one attached hydrogen (secondary N) is 1. The molecule has 0 aliphatic rings. The van der Waals surface area contributed by atoms with Crippen LogP contribution in [0.2, 0.25) is 5.02 Å². The molecule has 5 nitrogen and oxygen atoms in total. The van der Waals surface area contributed by atoms with Crippen molar-refractivity contribution in [3.63, 3.8) is 0 Å². The third-order valence-corrected chi connectivity index (χ3v) is 1.87. The molecule has 0 aliphatic heterocycles. The van der Waals surface area contributed by atoms with E-state index in [4.69, 9.17) is 11.6 Å². The lowest BCUT2D eigenvalue weighted by Gasteiger charge is -1.98. The lowest BCUT2D eigenvalue weighted by atomic mass is 10.3. The number of aromatic amines is 1. The van der Waals surface area contributed by atoms with Gasteiger partial charge in [0.15, 0.2) is 0 Å². The van der Waals surface area contributed by atoms with Crippen LogP contribution in [0.5, 0.6) is 0 Å². The first-order valence-electron chi connectivity index (χ1n) is 3.54. The largest absolute Gasteiger partial charge is 0.365 e. The Hall–Kier alpha value is -1.62. The number of halogens is 1. The van der Waals surface area contributed by atoms with Gasteiger partial charge in [0.25, 0.3) is 0 Å². The van der Waals surface area contributed by atoms with Crippen LogP contribution >= 0.6 is 11.6 Å². The number of hydrogen-bond acceptors (Lipinski definition) is 3. The number of nitrogens with zero attached hydrogens (tertiary/aromatic N) is 3. The van der Waals surface area contributed by atoms with Gasteiger partial charge in [-0.2, -0.15) is 4.68 Å². The topological polar surface area (TPSA) is 63.6 Å². The Labute approximate surface area is 77.9 Å². The van der Waals surface area contributed by atoms with Gasteiger partial charge in [-0.05, 0) is 22.6 Å². The number of benzene rings is 1. The Kier molecular flexibility index (Phi) is 1.86. The van der Waals surface area contributed by atoms with E-state index >= 15 is 0 Å². The maximum absolute atomic E-state index is 11.1. The number of rotatable bonds is 1. The summed E-state index contributed by atoms with van der Waals surface area (Å²) in [6.07, 6.45) is 0. The van der Waals surface area contributed by atoms with E-state index in [9.17, 15) is 4.79 Å². The van der Waals surface area contributed by atoms with Gasteiger partial charge < -0.3 is 0 Å². The fourth-order valence-corrected chi connectivity index (χ4v) is 1.19. The molecule has 2 aromatic rings. The first-order chi connectivity index (χ1) is 6.29. The number of tetrazole rings is 1. The van der Waals surface area contributed by atoms with Crippen molar-refractivity contribution in [3.8, 4) is 5.69 Å². The van der Waals surface area contributed by atoms with Crippen molar-refractivity contribution in [1.82, 2.24) is 20.2 Å². The van der Waals surface area contributed by atoms with Gasteiger partial charge in [0, 0.05) is 0 Å². The van der Waals surface area contributed by atoms with Gasteiger partial charge in [0.1, 0.15) is 0 Å². The van der Waals surface area contributed by atoms with Crippen molar-refractivity contribution in [2.45, 2.75) is 0 Å².